The second-order valence-electron chi connectivity index (χ2n) is 2.65. The van der Waals surface area contributed by atoms with Gasteiger partial charge in [0.1, 0.15) is 0 Å². The molecule has 0 aliphatic rings. The van der Waals surface area contributed by atoms with Crippen LogP contribution in [0.15, 0.2) is 27.7 Å². The minimum atomic E-state index is 0.645. The number of aromatic nitrogens is 2. The van der Waals surface area contributed by atoms with E-state index in [2.05, 4.69) is 61.5 Å². The number of halogens is 2. The Morgan fingerprint density at radius 2 is 2.36 bits per heavy atom. The normalized spacial score (nSPS) is 11.9. The van der Waals surface area contributed by atoms with Gasteiger partial charge in [0.05, 0.1) is 18.1 Å². The number of thioether (sulfide) groups is 1. The number of nitrogens with zero attached hydrogens (tertiary/aromatic N) is 2. The van der Waals surface area contributed by atoms with Crippen molar-refractivity contribution in [3.8, 4) is 0 Å². The van der Waals surface area contributed by atoms with E-state index < -0.39 is 0 Å². The van der Waals surface area contributed by atoms with Gasteiger partial charge in [0.2, 0.25) is 0 Å². The van der Waals surface area contributed by atoms with Crippen molar-refractivity contribution in [2.75, 3.05) is 6.26 Å². The van der Waals surface area contributed by atoms with Crippen LogP contribution in [0.1, 0.15) is 0 Å². The second-order valence-corrected chi connectivity index (χ2v) is 6.40. The molecule has 0 bridgehead atoms. The first-order valence-corrected chi connectivity index (χ1v) is 9.92. The van der Waals surface area contributed by atoms with E-state index in [9.17, 15) is 0 Å². The van der Waals surface area contributed by atoms with E-state index in [-0.39, 0.29) is 0 Å². The van der Waals surface area contributed by atoms with Crippen molar-refractivity contribution in [2.45, 2.75) is 4.90 Å². The van der Waals surface area contributed by atoms with Crippen LogP contribution in [0.3, 0.4) is 0 Å². The van der Waals surface area contributed by atoms with E-state index in [4.69, 9.17) is 0 Å². The smallest absolute Gasteiger partial charge is 0.0876 e. The Morgan fingerprint density at radius 1 is 1.57 bits per heavy atom. The minimum Gasteiger partial charge on any atom is -0.236 e. The van der Waals surface area contributed by atoms with Gasteiger partial charge < -0.3 is 0 Å². The Labute approximate surface area is 110 Å². The summed E-state index contributed by atoms with van der Waals surface area (Å²) in [5.41, 5.74) is 1.24. The molecule has 2 aromatic rings. The zero-order chi connectivity index (χ0) is 10.1. The molecule has 2 rings (SSSR count). The van der Waals surface area contributed by atoms with Gasteiger partial charge in [0.15, 0.2) is 0 Å². The first-order chi connectivity index (χ1) is 6.77. The summed E-state index contributed by atoms with van der Waals surface area (Å²) in [6, 6.07) is 4.21. The lowest BCUT2D eigenvalue weighted by atomic mass is 10.3. The minimum absolute atomic E-state index is 0.645. The van der Waals surface area contributed by atoms with Crippen LogP contribution in [0.5, 0.6) is 0 Å². The number of fused-ring (bicyclic) bond motifs is 1. The molecule has 0 radical (unpaired) electrons. The maximum absolute atomic E-state index is 4.36. The molecule has 1 atom stereocenters. The standard InChI is InChI=1S/C8H7BrIN2PS/c1-14-7-3-2-6(9)5-4-11-12(13-10)8(5)7/h2-4,13H,1H3. The first-order valence-electron chi connectivity index (χ1n) is 3.85. The summed E-state index contributed by atoms with van der Waals surface area (Å²) in [7, 11) is 0. The summed E-state index contributed by atoms with van der Waals surface area (Å²) in [6.07, 6.45) is 4.66. The molecular weight excluding hydrogens is 394 g/mol. The quantitative estimate of drug-likeness (QED) is 0.424. The Bertz CT molecular complexity index is 474. The second kappa shape index (κ2) is 4.68. The summed E-state index contributed by atoms with van der Waals surface area (Å²) < 4.78 is 3.16. The summed E-state index contributed by atoms with van der Waals surface area (Å²) >= 11 is 7.65. The molecule has 1 aromatic carbocycles. The Hall–Kier alpha value is 0.680. The van der Waals surface area contributed by atoms with Crippen LogP contribution in [-0.4, -0.2) is 15.8 Å². The van der Waals surface area contributed by atoms with Gasteiger partial charge in [-0.25, -0.2) is 4.45 Å². The summed E-state index contributed by atoms with van der Waals surface area (Å²) in [4.78, 5) is 1.28. The number of hydrogen-bond acceptors (Lipinski definition) is 2. The van der Waals surface area contributed by atoms with E-state index in [1.807, 2.05) is 10.6 Å². The lowest BCUT2D eigenvalue weighted by Gasteiger charge is -2.03. The van der Waals surface area contributed by atoms with Crippen LogP contribution < -0.4 is 0 Å². The molecule has 14 heavy (non-hydrogen) atoms. The van der Waals surface area contributed by atoms with Crippen LogP contribution >= 0.6 is 56.1 Å². The fourth-order valence-corrected chi connectivity index (χ4v) is 3.93. The number of benzene rings is 1. The predicted octanol–water partition coefficient (Wildman–Crippen LogP) is 4.31. The van der Waals surface area contributed by atoms with Crippen molar-refractivity contribution < 1.29 is 0 Å². The number of hydrogen-bond donors (Lipinski definition) is 0. The zero-order valence-corrected chi connectivity index (χ0v) is 12.9. The third kappa shape index (κ3) is 1.84. The van der Waals surface area contributed by atoms with Crippen molar-refractivity contribution in [1.82, 2.24) is 9.55 Å². The molecule has 0 aliphatic carbocycles. The summed E-state index contributed by atoms with van der Waals surface area (Å²) in [6.45, 7) is 0. The van der Waals surface area contributed by atoms with Gasteiger partial charge in [-0.05, 0) is 40.4 Å². The number of rotatable bonds is 2. The van der Waals surface area contributed by atoms with E-state index >= 15 is 0 Å². The zero-order valence-electron chi connectivity index (χ0n) is 7.29. The molecular formula is C8H7BrIN2PS. The predicted molar refractivity (Wildman–Crippen MR) is 76.9 cm³/mol. The lowest BCUT2D eigenvalue weighted by molar-refractivity contribution is 1.03. The molecule has 74 valence electrons. The van der Waals surface area contributed by atoms with Crippen molar-refractivity contribution >= 4 is 67.0 Å². The highest BCUT2D eigenvalue weighted by molar-refractivity contribution is 14.2. The molecule has 2 nitrogen and oxygen atoms in total. The van der Waals surface area contributed by atoms with Crippen molar-refractivity contribution in [3.63, 3.8) is 0 Å². The third-order valence-electron chi connectivity index (χ3n) is 1.94. The van der Waals surface area contributed by atoms with E-state index in [1.165, 1.54) is 15.8 Å². The Morgan fingerprint density at radius 3 is 3.00 bits per heavy atom. The molecule has 1 heterocycles. The highest BCUT2D eigenvalue weighted by Gasteiger charge is 2.09. The highest BCUT2D eigenvalue weighted by atomic mass is 127. The molecule has 6 heteroatoms. The monoisotopic (exact) mass is 400 g/mol. The van der Waals surface area contributed by atoms with Gasteiger partial charge in [0.25, 0.3) is 0 Å². The van der Waals surface area contributed by atoms with Crippen LogP contribution in [-0.2, 0) is 0 Å². The van der Waals surface area contributed by atoms with Gasteiger partial charge in [-0.3, -0.25) is 0 Å². The van der Waals surface area contributed by atoms with Crippen LogP contribution in [0.25, 0.3) is 10.9 Å². The average Bonchev–Trinajstić information content (AvgIpc) is 2.63. The molecule has 0 amide bonds. The molecule has 0 N–H and O–H groups in total. The molecule has 0 spiro atoms. The fraction of sp³-hybridized carbons (Fsp3) is 0.125. The molecule has 0 saturated heterocycles. The van der Waals surface area contributed by atoms with Crippen molar-refractivity contribution in [3.05, 3.63) is 22.8 Å². The molecule has 0 saturated carbocycles. The summed E-state index contributed by atoms with van der Waals surface area (Å²) in [5.74, 6) is 0. The average molecular weight is 401 g/mol. The van der Waals surface area contributed by atoms with E-state index in [1.54, 1.807) is 11.8 Å². The molecule has 1 unspecified atom stereocenters. The highest BCUT2D eigenvalue weighted by Crippen LogP contribution is 2.36. The van der Waals surface area contributed by atoms with Gasteiger partial charge in [-0.15, -0.1) is 11.8 Å². The van der Waals surface area contributed by atoms with Crippen LogP contribution in [0.2, 0.25) is 0 Å². The van der Waals surface area contributed by atoms with Crippen LogP contribution in [0.4, 0.5) is 0 Å². The van der Waals surface area contributed by atoms with E-state index in [0.717, 1.165) is 4.47 Å². The Kier molecular flexibility index (Phi) is 3.73. The molecule has 0 fully saturated rings. The maximum atomic E-state index is 4.36. The van der Waals surface area contributed by atoms with Crippen molar-refractivity contribution in [1.29, 1.82) is 0 Å². The van der Waals surface area contributed by atoms with Gasteiger partial charge in [-0.1, -0.05) is 15.9 Å². The SMILES string of the molecule is CSc1ccc(Br)c2cnn(PI)c12. The van der Waals surface area contributed by atoms with Crippen LogP contribution in [0, 0.1) is 0 Å². The van der Waals surface area contributed by atoms with E-state index in [0.29, 0.717) is 6.37 Å². The molecule has 1 aromatic heterocycles. The van der Waals surface area contributed by atoms with Gasteiger partial charge in [0, 0.05) is 14.8 Å². The van der Waals surface area contributed by atoms with Crippen molar-refractivity contribution in [2.24, 2.45) is 0 Å². The fourth-order valence-electron chi connectivity index (χ4n) is 1.31. The summed E-state index contributed by atoms with van der Waals surface area (Å²) in [5, 5.41) is 5.56. The largest absolute Gasteiger partial charge is 0.236 e. The van der Waals surface area contributed by atoms with Gasteiger partial charge in [-0.2, -0.15) is 5.10 Å². The maximum Gasteiger partial charge on any atom is 0.0876 e. The molecule has 0 aliphatic heterocycles. The topological polar surface area (TPSA) is 17.8 Å². The third-order valence-corrected chi connectivity index (χ3v) is 5.27. The first kappa shape index (κ1) is 11.2. The Balaban J connectivity index is 2.82. The van der Waals surface area contributed by atoms with Gasteiger partial charge >= 0.3 is 0 Å². The lowest BCUT2D eigenvalue weighted by Crippen LogP contribution is -1.84.